The number of benzene rings is 2. The normalized spacial score (nSPS) is 11.1. The summed E-state index contributed by atoms with van der Waals surface area (Å²) in [4.78, 5) is 55.5. The Kier molecular flexibility index (Phi) is 6.58. The van der Waals surface area contributed by atoms with Gasteiger partial charge in [-0.05, 0) is 26.0 Å². The molecule has 0 aliphatic heterocycles. The summed E-state index contributed by atoms with van der Waals surface area (Å²) in [5.41, 5.74) is 0.784. The van der Waals surface area contributed by atoms with E-state index in [1.54, 1.807) is 13.8 Å². The predicted octanol–water partition coefficient (Wildman–Crippen LogP) is 3.00. The van der Waals surface area contributed by atoms with Crippen molar-refractivity contribution < 1.29 is 28.9 Å². The summed E-state index contributed by atoms with van der Waals surface area (Å²) in [5, 5.41) is 22.7. The van der Waals surface area contributed by atoms with Gasteiger partial charge in [-0.1, -0.05) is 0 Å². The maximum absolute atomic E-state index is 12.4. The van der Waals surface area contributed by atoms with Gasteiger partial charge in [-0.25, -0.2) is 9.97 Å². The fraction of sp³-hybridized carbons (Fsp3) is 0.273. The third kappa shape index (κ3) is 4.55. The van der Waals surface area contributed by atoms with Crippen LogP contribution in [-0.2, 0) is 32.2 Å². The second kappa shape index (κ2) is 9.77. The molecule has 2 aromatic carbocycles. The third-order valence-electron chi connectivity index (χ3n) is 5.27. The second-order valence-corrected chi connectivity index (χ2v) is 7.51. The Balaban J connectivity index is 2.00. The van der Waals surface area contributed by atoms with E-state index in [-0.39, 0.29) is 60.4 Å². The highest BCUT2D eigenvalue weighted by molar-refractivity contribution is 5.88. The van der Waals surface area contributed by atoms with Crippen LogP contribution >= 0.6 is 0 Å². The van der Waals surface area contributed by atoms with Crippen molar-refractivity contribution in [2.75, 3.05) is 13.2 Å². The molecule has 2 aromatic heterocycles. The maximum atomic E-state index is 12.4. The zero-order valence-corrected chi connectivity index (χ0v) is 19.2. The van der Waals surface area contributed by atoms with Crippen molar-refractivity contribution in [3.63, 3.8) is 0 Å². The minimum absolute atomic E-state index is 0.113. The Bertz CT molecular complexity index is 1410. The third-order valence-corrected chi connectivity index (χ3v) is 5.27. The van der Waals surface area contributed by atoms with Gasteiger partial charge in [0.25, 0.3) is 11.4 Å². The summed E-state index contributed by atoms with van der Waals surface area (Å²) < 4.78 is 12.9. The predicted molar refractivity (Wildman–Crippen MR) is 125 cm³/mol. The van der Waals surface area contributed by atoms with Crippen LogP contribution < -0.4 is 0 Å². The lowest BCUT2D eigenvalue weighted by molar-refractivity contribution is -0.384. The first kappa shape index (κ1) is 24.3. The van der Waals surface area contributed by atoms with Crippen LogP contribution in [-0.4, -0.2) is 54.1 Å². The Morgan fingerprint density at radius 2 is 1.17 bits per heavy atom. The molecule has 14 heteroatoms. The molecule has 0 amide bonds. The zero-order valence-electron chi connectivity index (χ0n) is 19.2. The van der Waals surface area contributed by atoms with E-state index in [2.05, 4.69) is 9.97 Å². The molecule has 0 bridgehead atoms. The molecule has 0 fully saturated rings. The number of hydrogen-bond donors (Lipinski definition) is 0. The van der Waals surface area contributed by atoms with Gasteiger partial charge >= 0.3 is 11.9 Å². The van der Waals surface area contributed by atoms with Crippen LogP contribution in [0.15, 0.2) is 36.4 Å². The standard InChI is InChI=1S/C22H20N6O8/c1-3-35-19(29)11-25-17-9-13(27(31)32)5-7-15(17)23-21(25)22-24-16-8-6-14(28(33)34)10-18(16)26(22)12-20(30)36-4-2/h5-10H,3-4,11-12H2,1-2H3. The number of aromatic nitrogens is 4. The number of carbonyl (C=O) groups is 2. The van der Waals surface area contributed by atoms with E-state index in [0.717, 1.165) is 0 Å². The minimum atomic E-state index is -0.617. The molecule has 0 aliphatic carbocycles. The molecule has 14 nitrogen and oxygen atoms in total. The first-order valence-electron chi connectivity index (χ1n) is 10.8. The van der Waals surface area contributed by atoms with Crippen LogP contribution in [0.4, 0.5) is 11.4 Å². The molecule has 0 saturated carbocycles. The number of nitrogens with zero attached hydrogens (tertiary/aromatic N) is 6. The average molecular weight is 496 g/mol. The molecule has 0 radical (unpaired) electrons. The molecule has 0 N–H and O–H groups in total. The molecule has 186 valence electrons. The average Bonchev–Trinajstić information content (AvgIpc) is 3.36. The van der Waals surface area contributed by atoms with E-state index in [4.69, 9.17) is 9.47 Å². The Morgan fingerprint density at radius 3 is 1.50 bits per heavy atom. The Morgan fingerprint density at radius 1 is 0.778 bits per heavy atom. The first-order chi connectivity index (χ1) is 17.2. The van der Waals surface area contributed by atoms with E-state index < -0.39 is 21.8 Å². The van der Waals surface area contributed by atoms with Crippen molar-refractivity contribution in [1.29, 1.82) is 0 Å². The molecule has 36 heavy (non-hydrogen) atoms. The van der Waals surface area contributed by atoms with Crippen molar-refractivity contribution in [2.45, 2.75) is 26.9 Å². The van der Waals surface area contributed by atoms with Crippen LogP contribution in [0.5, 0.6) is 0 Å². The lowest BCUT2D eigenvalue weighted by atomic mass is 10.3. The zero-order chi connectivity index (χ0) is 26.0. The monoisotopic (exact) mass is 496 g/mol. The molecule has 2 heterocycles. The van der Waals surface area contributed by atoms with Crippen molar-refractivity contribution in [2.24, 2.45) is 0 Å². The minimum Gasteiger partial charge on any atom is -0.465 e. The van der Waals surface area contributed by atoms with E-state index >= 15 is 0 Å². The molecule has 0 aliphatic rings. The highest BCUT2D eigenvalue weighted by Gasteiger charge is 2.25. The number of ether oxygens (including phenoxy) is 2. The van der Waals surface area contributed by atoms with Gasteiger partial charge in [0.05, 0.1) is 45.1 Å². The quantitative estimate of drug-likeness (QED) is 0.190. The summed E-state index contributed by atoms with van der Waals surface area (Å²) in [6.07, 6.45) is 0. The van der Waals surface area contributed by atoms with Crippen molar-refractivity contribution >= 4 is 45.4 Å². The van der Waals surface area contributed by atoms with Gasteiger partial charge in [0, 0.05) is 24.3 Å². The largest absolute Gasteiger partial charge is 0.465 e. The molecule has 0 saturated heterocycles. The van der Waals surface area contributed by atoms with Gasteiger partial charge in [0.2, 0.25) is 0 Å². The number of imidazole rings is 2. The van der Waals surface area contributed by atoms with Crippen molar-refractivity contribution in [1.82, 2.24) is 19.1 Å². The summed E-state index contributed by atoms with van der Waals surface area (Å²) in [7, 11) is 0. The lowest BCUT2D eigenvalue weighted by Gasteiger charge is -2.11. The fourth-order valence-corrected chi connectivity index (χ4v) is 3.78. The van der Waals surface area contributed by atoms with E-state index in [0.29, 0.717) is 11.0 Å². The van der Waals surface area contributed by atoms with Crippen molar-refractivity contribution in [3.05, 3.63) is 56.6 Å². The lowest BCUT2D eigenvalue weighted by Crippen LogP contribution is -2.17. The summed E-state index contributed by atoms with van der Waals surface area (Å²) in [5.74, 6) is -1.01. The SMILES string of the molecule is CCOC(=O)Cn1c(-c2nc3ccc([N+](=O)[O-])cc3n2CC(=O)OCC)nc2ccc([N+](=O)[O-])cc21. The summed E-state index contributed by atoms with van der Waals surface area (Å²) >= 11 is 0. The number of non-ortho nitro benzene ring substituents is 2. The highest BCUT2D eigenvalue weighted by atomic mass is 16.6. The van der Waals surface area contributed by atoms with Crippen LogP contribution in [0.2, 0.25) is 0 Å². The number of nitro groups is 2. The van der Waals surface area contributed by atoms with Crippen LogP contribution in [0, 0.1) is 20.2 Å². The first-order valence-corrected chi connectivity index (χ1v) is 10.8. The van der Waals surface area contributed by atoms with Crippen LogP contribution in [0.1, 0.15) is 13.8 Å². The molecule has 4 rings (SSSR count). The van der Waals surface area contributed by atoms with Gasteiger partial charge in [-0.3, -0.25) is 29.8 Å². The Hall–Kier alpha value is -4.88. The van der Waals surface area contributed by atoms with E-state index in [9.17, 15) is 29.8 Å². The van der Waals surface area contributed by atoms with Crippen LogP contribution in [0.3, 0.4) is 0 Å². The fourth-order valence-electron chi connectivity index (χ4n) is 3.78. The van der Waals surface area contributed by atoms with Gasteiger partial charge in [-0.15, -0.1) is 0 Å². The van der Waals surface area contributed by atoms with Gasteiger partial charge < -0.3 is 18.6 Å². The van der Waals surface area contributed by atoms with Gasteiger partial charge in [0.15, 0.2) is 11.6 Å². The van der Waals surface area contributed by atoms with Gasteiger partial charge in [-0.2, -0.15) is 0 Å². The number of rotatable bonds is 9. The topological polar surface area (TPSA) is 175 Å². The molecular formula is C22H20N6O8. The molecule has 4 aromatic rings. The number of esters is 2. The number of nitro benzene ring substituents is 2. The van der Waals surface area contributed by atoms with E-state index in [1.807, 2.05) is 0 Å². The smallest absolute Gasteiger partial charge is 0.326 e. The number of carbonyl (C=O) groups excluding carboxylic acids is 2. The molecular weight excluding hydrogens is 476 g/mol. The Labute approximate surface area is 202 Å². The van der Waals surface area contributed by atoms with Gasteiger partial charge in [0.1, 0.15) is 13.1 Å². The number of hydrogen-bond acceptors (Lipinski definition) is 10. The summed E-state index contributed by atoms with van der Waals surface area (Å²) in [6.45, 7) is 2.83. The maximum Gasteiger partial charge on any atom is 0.326 e. The van der Waals surface area contributed by atoms with E-state index in [1.165, 1.54) is 45.5 Å². The summed E-state index contributed by atoms with van der Waals surface area (Å²) in [6, 6.07) is 7.96. The molecule has 0 unspecified atom stereocenters. The van der Waals surface area contributed by atoms with Crippen LogP contribution in [0.25, 0.3) is 33.7 Å². The molecule has 0 spiro atoms. The second-order valence-electron chi connectivity index (χ2n) is 7.51. The molecule has 0 atom stereocenters. The van der Waals surface area contributed by atoms with Crippen molar-refractivity contribution in [3.8, 4) is 11.6 Å². The highest BCUT2D eigenvalue weighted by Crippen LogP contribution is 2.31. The number of fused-ring (bicyclic) bond motifs is 2.